The molecular formula is C17H16F2N2O. The SMILES string of the molecule is CC/C(=N\NC(=O)Cc1ccc(F)cc1)c1ccc(F)cc1. The summed E-state index contributed by atoms with van der Waals surface area (Å²) in [6.07, 6.45) is 0.715. The highest BCUT2D eigenvalue weighted by molar-refractivity contribution is 6.00. The fraction of sp³-hybridized carbons (Fsp3) is 0.176. The molecule has 3 nitrogen and oxygen atoms in total. The smallest absolute Gasteiger partial charge is 0.244 e. The van der Waals surface area contributed by atoms with Gasteiger partial charge < -0.3 is 0 Å². The second-order valence-electron chi connectivity index (χ2n) is 4.76. The van der Waals surface area contributed by atoms with Crippen molar-refractivity contribution >= 4 is 11.6 Å². The fourth-order valence-corrected chi connectivity index (χ4v) is 1.95. The minimum Gasteiger partial charge on any atom is -0.273 e. The Morgan fingerprint density at radius 2 is 1.55 bits per heavy atom. The van der Waals surface area contributed by atoms with Crippen LogP contribution in [-0.4, -0.2) is 11.6 Å². The van der Waals surface area contributed by atoms with E-state index in [9.17, 15) is 13.6 Å². The molecule has 0 bridgehead atoms. The highest BCUT2D eigenvalue weighted by atomic mass is 19.1. The van der Waals surface area contributed by atoms with Crippen molar-refractivity contribution in [2.45, 2.75) is 19.8 Å². The topological polar surface area (TPSA) is 41.5 Å². The van der Waals surface area contributed by atoms with Gasteiger partial charge in [0, 0.05) is 0 Å². The van der Waals surface area contributed by atoms with E-state index < -0.39 is 0 Å². The lowest BCUT2D eigenvalue weighted by Gasteiger charge is -2.05. The molecule has 0 saturated heterocycles. The van der Waals surface area contributed by atoms with Crippen LogP contribution in [-0.2, 0) is 11.2 Å². The van der Waals surface area contributed by atoms with Gasteiger partial charge >= 0.3 is 0 Å². The van der Waals surface area contributed by atoms with E-state index in [1.807, 2.05) is 6.92 Å². The average Bonchev–Trinajstić information content (AvgIpc) is 2.52. The zero-order valence-electron chi connectivity index (χ0n) is 12.1. The Bertz CT molecular complexity index is 664. The summed E-state index contributed by atoms with van der Waals surface area (Å²) < 4.78 is 25.7. The fourth-order valence-electron chi connectivity index (χ4n) is 1.95. The number of carbonyl (C=O) groups is 1. The first-order valence-corrected chi connectivity index (χ1v) is 6.94. The number of hydrazone groups is 1. The molecule has 114 valence electrons. The molecule has 0 fully saturated rings. The van der Waals surface area contributed by atoms with Crippen LogP contribution in [0.2, 0.25) is 0 Å². The van der Waals surface area contributed by atoms with Gasteiger partial charge in [0.1, 0.15) is 11.6 Å². The summed E-state index contributed by atoms with van der Waals surface area (Å²) >= 11 is 0. The molecule has 1 amide bonds. The number of benzene rings is 2. The number of nitrogens with zero attached hydrogens (tertiary/aromatic N) is 1. The van der Waals surface area contributed by atoms with Gasteiger partial charge in [-0.2, -0.15) is 5.10 Å². The highest BCUT2D eigenvalue weighted by Crippen LogP contribution is 2.07. The van der Waals surface area contributed by atoms with Crippen molar-refractivity contribution in [3.63, 3.8) is 0 Å². The van der Waals surface area contributed by atoms with Crippen LogP contribution in [0.1, 0.15) is 24.5 Å². The van der Waals surface area contributed by atoms with Gasteiger partial charge in [-0.25, -0.2) is 14.2 Å². The Balaban J connectivity index is 2.00. The third-order valence-corrected chi connectivity index (χ3v) is 3.11. The maximum absolute atomic E-state index is 12.9. The molecule has 0 spiro atoms. The predicted molar refractivity (Wildman–Crippen MR) is 81.5 cm³/mol. The standard InChI is InChI=1S/C17H16F2N2O/c1-2-16(13-5-9-15(19)10-6-13)20-21-17(22)11-12-3-7-14(18)8-4-12/h3-10H,2,11H2,1H3,(H,21,22)/b20-16+. The number of halogens is 2. The van der Waals surface area contributed by atoms with E-state index in [1.54, 1.807) is 24.3 Å². The maximum atomic E-state index is 12.9. The van der Waals surface area contributed by atoms with Gasteiger partial charge in [0.15, 0.2) is 0 Å². The summed E-state index contributed by atoms with van der Waals surface area (Å²) in [5.41, 5.74) is 4.59. The van der Waals surface area contributed by atoms with Crippen LogP contribution < -0.4 is 5.43 Å². The average molecular weight is 302 g/mol. The molecule has 0 heterocycles. The third kappa shape index (κ3) is 4.48. The first kappa shape index (κ1) is 15.8. The van der Waals surface area contributed by atoms with Crippen molar-refractivity contribution in [1.29, 1.82) is 0 Å². The molecule has 0 aliphatic rings. The Kier molecular flexibility index (Phi) is 5.36. The lowest BCUT2D eigenvalue weighted by Crippen LogP contribution is -2.21. The number of amides is 1. The highest BCUT2D eigenvalue weighted by Gasteiger charge is 2.05. The quantitative estimate of drug-likeness (QED) is 0.667. The molecule has 0 aliphatic heterocycles. The van der Waals surface area contributed by atoms with Gasteiger partial charge in [-0.1, -0.05) is 31.2 Å². The van der Waals surface area contributed by atoms with Gasteiger partial charge in [-0.05, 0) is 41.8 Å². The van der Waals surface area contributed by atoms with E-state index in [1.165, 1.54) is 24.3 Å². The maximum Gasteiger partial charge on any atom is 0.244 e. The second-order valence-corrected chi connectivity index (χ2v) is 4.76. The van der Waals surface area contributed by atoms with Crippen molar-refractivity contribution in [3.8, 4) is 0 Å². The van der Waals surface area contributed by atoms with Crippen molar-refractivity contribution < 1.29 is 13.6 Å². The predicted octanol–water partition coefficient (Wildman–Crippen LogP) is 3.44. The molecule has 5 heteroatoms. The van der Waals surface area contributed by atoms with E-state index in [0.717, 1.165) is 5.56 Å². The van der Waals surface area contributed by atoms with Crippen LogP contribution >= 0.6 is 0 Å². The Labute approximate surface area is 127 Å². The van der Waals surface area contributed by atoms with E-state index in [0.29, 0.717) is 17.7 Å². The van der Waals surface area contributed by atoms with E-state index in [-0.39, 0.29) is 24.0 Å². The summed E-state index contributed by atoms with van der Waals surface area (Å²) in [5.74, 6) is -0.953. The van der Waals surface area contributed by atoms with Crippen LogP contribution in [0.15, 0.2) is 53.6 Å². The molecule has 0 atom stereocenters. The van der Waals surface area contributed by atoms with Crippen molar-refractivity contribution in [1.82, 2.24) is 5.43 Å². The zero-order valence-corrected chi connectivity index (χ0v) is 12.1. The second kappa shape index (κ2) is 7.45. The molecule has 2 aromatic carbocycles. The van der Waals surface area contributed by atoms with Crippen molar-refractivity contribution in [2.24, 2.45) is 5.10 Å². The summed E-state index contributed by atoms with van der Waals surface area (Å²) in [6, 6.07) is 11.7. The van der Waals surface area contributed by atoms with Gasteiger partial charge in [0.05, 0.1) is 12.1 Å². The number of hydrogen-bond donors (Lipinski definition) is 1. The Hall–Kier alpha value is -2.56. The minimum absolute atomic E-state index is 0.115. The van der Waals surface area contributed by atoms with E-state index in [2.05, 4.69) is 10.5 Å². The summed E-state index contributed by atoms with van der Waals surface area (Å²) in [6.45, 7) is 1.90. The summed E-state index contributed by atoms with van der Waals surface area (Å²) in [7, 11) is 0. The number of hydrogen-bond acceptors (Lipinski definition) is 2. The minimum atomic E-state index is -0.341. The molecule has 22 heavy (non-hydrogen) atoms. The number of carbonyl (C=O) groups excluding carboxylic acids is 1. The normalized spacial score (nSPS) is 11.3. The lowest BCUT2D eigenvalue weighted by atomic mass is 10.1. The number of nitrogens with one attached hydrogen (secondary N) is 1. The third-order valence-electron chi connectivity index (χ3n) is 3.11. The molecule has 0 aliphatic carbocycles. The van der Waals surface area contributed by atoms with Crippen LogP contribution in [0.3, 0.4) is 0 Å². The van der Waals surface area contributed by atoms with Crippen molar-refractivity contribution in [3.05, 3.63) is 71.3 Å². The molecule has 0 radical (unpaired) electrons. The molecule has 0 saturated carbocycles. The van der Waals surface area contributed by atoms with E-state index >= 15 is 0 Å². The van der Waals surface area contributed by atoms with Gasteiger partial charge in [0.2, 0.25) is 5.91 Å². The summed E-state index contributed by atoms with van der Waals surface area (Å²) in [5, 5.41) is 4.08. The van der Waals surface area contributed by atoms with E-state index in [4.69, 9.17) is 0 Å². The van der Waals surface area contributed by atoms with Gasteiger partial charge in [0.25, 0.3) is 0 Å². The monoisotopic (exact) mass is 302 g/mol. The Morgan fingerprint density at radius 1 is 1.00 bits per heavy atom. The summed E-state index contributed by atoms with van der Waals surface area (Å²) in [4.78, 5) is 11.8. The largest absolute Gasteiger partial charge is 0.273 e. The Morgan fingerprint density at radius 3 is 2.09 bits per heavy atom. The molecular weight excluding hydrogens is 286 g/mol. The molecule has 0 aromatic heterocycles. The first-order valence-electron chi connectivity index (χ1n) is 6.94. The van der Waals surface area contributed by atoms with Gasteiger partial charge in [-0.15, -0.1) is 0 Å². The number of rotatable bonds is 5. The first-order chi connectivity index (χ1) is 10.6. The van der Waals surface area contributed by atoms with Gasteiger partial charge in [-0.3, -0.25) is 4.79 Å². The lowest BCUT2D eigenvalue weighted by molar-refractivity contribution is -0.120. The van der Waals surface area contributed by atoms with Crippen LogP contribution in [0.5, 0.6) is 0 Å². The van der Waals surface area contributed by atoms with Crippen LogP contribution in [0, 0.1) is 11.6 Å². The molecule has 1 N–H and O–H groups in total. The zero-order chi connectivity index (χ0) is 15.9. The molecule has 2 aromatic rings. The van der Waals surface area contributed by atoms with Crippen molar-refractivity contribution in [2.75, 3.05) is 0 Å². The van der Waals surface area contributed by atoms with Crippen LogP contribution in [0.4, 0.5) is 8.78 Å². The molecule has 2 rings (SSSR count). The molecule has 0 unspecified atom stereocenters. The van der Waals surface area contributed by atoms with Crippen LogP contribution in [0.25, 0.3) is 0 Å².